The lowest BCUT2D eigenvalue weighted by atomic mass is 10.1. The zero-order chi connectivity index (χ0) is 16.8. The molecule has 0 aliphatic rings. The van der Waals surface area contributed by atoms with Crippen LogP contribution in [0.25, 0.3) is 0 Å². The van der Waals surface area contributed by atoms with Gasteiger partial charge in [0, 0.05) is 12.6 Å². The van der Waals surface area contributed by atoms with Crippen molar-refractivity contribution < 1.29 is 19.0 Å². The van der Waals surface area contributed by atoms with Gasteiger partial charge in [-0.1, -0.05) is 18.2 Å². The molecule has 0 aromatic heterocycles. The van der Waals surface area contributed by atoms with E-state index in [1.807, 2.05) is 13.0 Å². The number of hydrogen-bond acceptors (Lipinski definition) is 4. The average Bonchev–Trinajstić information content (AvgIpc) is 2.56. The van der Waals surface area contributed by atoms with Crippen LogP contribution in [0.3, 0.4) is 0 Å². The summed E-state index contributed by atoms with van der Waals surface area (Å²) in [5, 5.41) is 13.2. The van der Waals surface area contributed by atoms with Crippen LogP contribution in [0.2, 0.25) is 0 Å². The minimum absolute atomic E-state index is 0.0156. The van der Waals surface area contributed by atoms with Crippen molar-refractivity contribution in [1.82, 2.24) is 5.32 Å². The van der Waals surface area contributed by atoms with E-state index in [0.29, 0.717) is 30.0 Å². The van der Waals surface area contributed by atoms with E-state index in [1.165, 1.54) is 20.3 Å². The normalized spacial score (nSPS) is 12.0. The van der Waals surface area contributed by atoms with Gasteiger partial charge in [0.05, 0.1) is 14.2 Å². The molecule has 0 fully saturated rings. The van der Waals surface area contributed by atoms with Crippen molar-refractivity contribution in [3.05, 3.63) is 53.3 Å². The first-order chi connectivity index (χ1) is 11.0. The number of aromatic hydroxyl groups is 1. The van der Waals surface area contributed by atoms with Gasteiger partial charge in [-0.25, -0.2) is 4.39 Å². The third-order valence-electron chi connectivity index (χ3n) is 3.68. The van der Waals surface area contributed by atoms with Gasteiger partial charge in [0.25, 0.3) is 0 Å². The maximum atomic E-state index is 13.7. The Morgan fingerprint density at radius 1 is 1.13 bits per heavy atom. The molecule has 124 valence electrons. The maximum absolute atomic E-state index is 13.7. The smallest absolute Gasteiger partial charge is 0.200 e. The molecule has 0 amide bonds. The summed E-state index contributed by atoms with van der Waals surface area (Å²) in [5.41, 5.74) is 1.60. The molecular formula is C18H22FNO3. The van der Waals surface area contributed by atoms with E-state index in [0.717, 1.165) is 5.56 Å². The molecule has 2 N–H and O–H groups in total. The van der Waals surface area contributed by atoms with E-state index in [2.05, 4.69) is 5.32 Å². The second-order valence-corrected chi connectivity index (χ2v) is 5.43. The van der Waals surface area contributed by atoms with Crippen LogP contribution in [0.1, 0.15) is 18.1 Å². The predicted octanol–water partition coefficient (Wildman–Crippen LogP) is 3.27. The molecule has 5 heteroatoms. The minimum atomic E-state index is -0.186. The van der Waals surface area contributed by atoms with Crippen molar-refractivity contribution in [1.29, 1.82) is 0 Å². The summed E-state index contributed by atoms with van der Waals surface area (Å²) >= 11 is 0. The Balaban J connectivity index is 2.01. The molecule has 4 nitrogen and oxygen atoms in total. The zero-order valence-electron chi connectivity index (χ0n) is 13.6. The van der Waals surface area contributed by atoms with E-state index in [1.54, 1.807) is 24.3 Å². The van der Waals surface area contributed by atoms with Crippen LogP contribution in [0.4, 0.5) is 4.39 Å². The van der Waals surface area contributed by atoms with Gasteiger partial charge < -0.3 is 19.9 Å². The molecule has 1 atom stereocenters. The van der Waals surface area contributed by atoms with Gasteiger partial charge in [0.15, 0.2) is 11.5 Å². The van der Waals surface area contributed by atoms with Crippen molar-refractivity contribution >= 4 is 0 Å². The average molecular weight is 319 g/mol. The molecule has 0 bridgehead atoms. The first-order valence-electron chi connectivity index (χ1n) is 7.45. The Labute approximate surface area is 135 Å². The van der Waals surface area contributed by atoms with Crippen LogP contribution in [-0.2, 0) is 13.0 Å². The fourth-order valence-electron chi connectivity index (χ4n) is 2.41. The van der Waals surface area contributed by atoms with Gasteiger partial charge in [-0.05, 0) is 42.7 Å². The van der Waals surface area contributed by atoms with Gasteiger partial charge in [0.1, 0.15) is 5.82 Å². The molecule has 1 unspecified atom stereocenters. The Morgan fingerprint density at radius 3 is 2.30 bits per heavy atom. The molecule has 0 heterocycles. The van der Waals surface area contributed by atoms with Crippen molar-refractivity contribution in [2.45, 2.75) is 25.9 Å². The van der Waals surface area contributed by atoms with Crippen molar-refractivity contribution in [3.63, 3.8) is 0 Å². The van der Waals surface area contributed by atoms with Gasteiger partial charge in [-0.15, -0.1) is 0 Å². The SMILES string of the molecule is COc1cc(CNC(C)Cc2ccccc2F)cc(OC)c1O. The fourth-order valence-corrected chi connectivity index (χ4v) is 2.41. The Morgan fingerprint density at radius 2 is 1.74 bits per heavy atom. The van der Waals surface area contributed by atoms with Crippen LogP contribution < -0.4 is 14.8 Å². The highest BCUT2D eigenvalue weighted by Crippen LogP contribution is 2.37. The number of halogens is 1. The van der Waals surface area contributed by atoms with Crippen LogP contribution in [0, 0.1) is 5.82 Å². The summed E-state index contributed by atoms with van der Waals surface area (Å²) in [5.74, 6) is 0.526. The second kappa shape index (κ2) is 7.83. The Kier molecular flexibility index (Phi) is 5.82. The monoisotopic (exact) mass is 319 g/mol. The molecule has 0 aliphatic carbocycles. The lowest BCUT2D eigenvalue weighted by molar-refractivity contribution is 0.338. The van der Waals surface area contributed by atoms with Crippen LogP contribution in [0.5, 0.6) is 17.2 Å². The molecule has 2 aromatic rings. The van der Waals surface area contributed by atoms with Crippen molar-refractivity contribution in [3.8, 4) is 17.2 Å². The summed E-state index contributed by atoms with van der Waals surface area (Å²) < 4.78 is 23.9. The Bertz CT molecular complexity index is 635. The van der Waals surface area contributed by atoms with E-state index in [4.69, 9.17) is 9.47 Å². The number of ether oxygens (including phenoxy) is 2. The number of benzene rings is 2. The first kappa shape index (κ1) is 17.1. The summed E-state index contributed by atoms with van der Waals surface area (Å²) in [6, 6.07) is 10.4. The number of nitrogens with one attached hydrogen (secondary N) is 1. The summed E-state index contributed by atoms with van der Waals surface area (Å²) in [6.45, 7) is 2.56. The quantitative estimate of drug-likeness (QED) is 0.822. The molecule has 0 aliphatic heterocycles. The second-order valence-electron chi connectivity index (χ2n) is 5.43. The highest BCUT2D eigenvalue weighted by Gasteiger charge is 2.12. The molecule has 0 saturated heterocycles. The Hall–Kier alpha value is -2.27. The summed E-state index contributed by atoms with van der Waals surface area (Å²) in [7, 11) is 2.99. The summed E-state index contributed by atoms with van der Waals surface area (Å²) in [4.78, 5) is 0. The van der Waals surface area contributed by atoms with Crippen molar-refractivity contribution in [2.24, 2.45) is 0 Å². The van der Waals surface area contributed by atoms with Gasteiger partial charge in [0.2, 0.25) is 5.75 Å². The van der Waals surface area contributed by atoms with E-state index >= 15 is 0 Å². The van der Waals surface area contributed by atoms with Gasteiger partial charge in [-0.3, -0.25) is 0 Å². The van der Waals surface area contributed by atoms with Crippen LogP contribution in [-0.4, -0.2) is 25.4 Å². The third-order valence-corrected chi connectivity index (χ3v) is 3.68. The highest BCUT2D eigenvalue weighted by atomic mass is 19.1. The largest absolute Gasteiger partial charge is 0.502 e. The molecule has 23 heavy (non-hydrogen) atoms. The zero-order valence-corrected chi connectivity index (χ0v) is 13.6. The molecular weight excluding hydrogens is 297 g/mol. The van der Waals surface area contributed by atoms with Gasteiger partial charge >= 0.3 is 0 Å². The maximum Gasteiger partial charge on any atom is 0.200 e. The first-order valence-corrected chi connectivity index (χ1v) is 7.45. The fraction of sp³-hybridized carbons (Fsp3) is 0.333. The summed E-state index contributed by atoms with van der Waals surface area (Å²) in [6.07, 6.45) is 0.596. The van der Waals surface area contributed by atoms with E-state index in [-0.39, 0.29) is 17.6 Å². The molecule has 0 spiro atoms. The topological polar surface area (TPSA) is 50.7 Å². The molecule has 0 saturated carbocycles. The predicted molar refractivity (Wildman–Crippen MR) is 87.6 cm³/mol. The van der Waals surface area contributed by atoms with Crippen LogP contribution in [0.15, 0.2) is 36.4 Å². The van der Waals surface area contributed by atoms with E-state index < -0.39 is 0 Å². The van der Waals surface area contributed by atoms with Gasteiger partial charge in [-0.2, -0.15) is 0 Å². The van der Waals surface area contributed by atoms with Crippen LogP contribution >= 0.6 is 0 Å². The highest BCUT2D eigenvalue weighted by molar-refractivity contribution is 5.52. The molecule has 2 rings (SSSR count). The number of phenols is 1. The number of rotatable bonds is 7. The number of phenolic OH excluding ortho intramolecular Hbond substituents is 1. The third kappa shape index (κ3) is 4.36. The number of methoxy groups -OCH3 is 2. The lowest BCUT2D eigenvalue weighted by Crippen LogP contribution is -2.27. The van der Waals surface area contributed by atoms with Crippen molar-refractivity contribution in [2.75, 3.05) is 14.2 Å². The molecule has 0 radical (unpaired) electrons. The number of hydrogen-bond donors (Lipinski definition) is 2. The standard InChI is InChI=1S/C18H22FNO3/c1-12(8-14-6-4-5-7-15(14)19)20-11-13-9-16(22-2)18(21)17(10-13)23-3/h4-7,9-10,12,20-21H,8,11H2,1-3H3. The van der Waals surface area contributed by atoms with E-state index in [9.17, 15) is 9.50 Å². The lowest BCUT2D eigenvalue weighted by Gasteiger charge is -2.16. The molecule has 2 aromatic carbocycles. The minimum Gasteiger partial charge on any atom is -0.502 e.